The summed E-state index contributed by atoms with van der Waals surface area (Å²) in [5.74, 6) is 0. The second kappa shape index (κ2) is 12.5. The molecule has 0 unspecified atom stereocenters. The standard InChI is InChI=1S/C41H34NP2/c1-7-20-34(21-8-1)43(35-22-9-2-10-23-35,36-24-11-3-12-25-36)40-32-19-33-42-41(40)44(37-26-13-4-14-27-37,38-28-15-5-16-29-38)39-30-17-6-18-31-39/h1-31,33,43-44H. The number of pyridine rings is 1. The van der Waals surface area contributed by atoms with E-state index in [9.17, 15) is 0 Å². The van der Waals surface area contributed by atoms with Gasteiger partial charge in [0.25, 0.3) is 0 Å². The zero-order valence-corrected chi connectivity index (χ0v) is 26.4. The summed E-state index contributed by atoms with van der Waals surface area (Å²) in [6.07, 6.45) is 1.95. The molecule has 0 aliphatic heterocycles. The van der Waals surface area contributed by atoms with Crippen molar-refractivity contribution in [3.05, 3.63) is 200 Å². The summed E-state index contributed by atoms with van der Waals surface area (Å²) in [5.41, 5.74) is 1.15. The van der Waals surface area contributed by atoms with Crippen LogP contribution in [0.4, 0.5) is 0 Å². The van der Waals surface area contributed by atoms with Crippen LogP contribution in [0.5, 0.6) is 0 Å². The van der Waals surface area contributed by atoms with E-state index in [1.807, 2.05) is 12.3 Å². The summed E-state index contributed by atoms with van der Waals surface area (Å²) in [7, 11) is -5.90. The summed E-state index contributed by atoms with van der Waals surface area (Å²) >= 11 is 0. The molecule has 0 aliphatic rings. The summed E-state index contributed by atoms with van der Waals surface area (Å²) < 4.78 is 0. The number of aromatic nitrogens is 1. The maximum atomic E-state index is 5.49. The Labute approximate surface area is 261 Å². The third-order valence-corrected chi connectivity index (χ3v) is 18.4. The molecule has 0 saturated heterocycles. The summed E-state index contributed by atoms with van der Waals surface area (Å²) in [4.78, 5) is 5.49. The Hall–Kier alpha value is -4.67. The Morgan fingerprint density at radius 2 is 0.614 bits per heavy atom. The summed E-state index contributed by atoms with van der Waals surface area (Å²) in [6, 6.07) is 72.4. The Bertz CT molecular complexity index is 1590. The predicted octanol–water partition coefficient (Wildman–Crippen LogP) is 5.59. The van der Waals surface area contributed by atoms with Crippen molar-refractivity contribution in [2.75, 3.05) is 0 Å². The molecule has 44 heavy (non-hydrogen) atoms. The van der Waals surface area contributed by atoms with Crippen LogP contribution in [0, 0.1) is 6.07 Å². The SMILES string of the molecule is [c]1ccnc([PH](c2ccccc2)(c2ccccc2)c2ccccc2)c1[PH](c1ccccc1)(c1ccccc1)c1ccccc1. The molecule has 0 saturated carbocycles. The topological polar surface area (TPSA) is 12.9 Å². The molecule has 0 fully saturated rings. The van der Waals surface area contributed by atoms with Gasteiger partial charge in [-0.25, -0.2) is 0 Å². The maximum absolute atomic E-state index is 5.49. The van der Waals surface area contributed by atoms with Crippen LogP contribution < -0.4 is 42.6 Å². The monoisotopic (exact) mass is 602 g/mol. The van der Waals surface area contributed by atoms with Crippen LogP contribution in [0.1, 0.15) is 0 Å². The minimum absolute atomic E-state index is 1.15. The molecule has 0 atom stereocenters. The quantitative estimate of drug-likeness (QED) is 0.207. The van der Waals surface area contributed by atoms with E-state index in [0.29, 0.717) is 0 Å². The molecule has 0 bridgehead atoms. The molecular weight excluding hydrogens is 568 g/mol. The van der Waals surface area contributed by atoms with E-state index in [0.717, 1.165) is 5.44 Å². The first kappa shape index (κ1) is 28.1. The molecule has 0 aliphatic carbocycles. The van der Waals surface area contributed by atoms with Crippen LogP contribution in [-0.2, 0) is 0 Å². The molecule has 7 aromatic rings. The molecule has 3 heteroatoms. The van der Waals surface area contributed by atoms with Crippen LogP contribution in [0.15, 0.2) is 194 Å². The van der Waals surface area contributed by atoms with E-state index in [-0.39, 0.29) is 0 Å². The van der Waals surface area contributed by atoms with Crippen molar-refractivity contribution in [2.24, 2.45) is 0 Å². The van der Waals surface area contributed by atoms with Crippen molar-refractivity contribution in [1.82, 2.24) is 4.98 Å². The average Bonchev–Trinajstić information content (AvgIpc) is 3.12. The third kappa shape index (κ3) is 4.71. The van der Waals surface area contributed by atoms with Gasteiger partial charge in [-0.2, -0.15) is 0 Å². The van der Waals surface area contributed by atoms with Crippen LogP contribution in [-0.4, -0.2) is 4.98 Å². The van der Waals surface area contributed by atoms with Gasteiger partial charge in [-0.3, -0.25) is 0 Å². The second-order valence-corrected chi connectivity index (χ2v) is 18.4. The van der Waals surface area contributed by atoms with Gasteiger partial charge in [-0.05, 0) is 0 Å². The molecule has 0 amide bonds. The van der Waals surface area contributed by atoms with Crippen molar-refractivity contribution in [3.63, 3.8) is 0 Å². The number of rotatable bonds is 8. The Balaban J connectivity index is 1.71. The molecule has 1 nitrogen and oxygen atoms in total. The van der Waals surface area contributed by atoms with Crippen molar-refractivity contribution >= 4 is 57.1 Å². The first-order valence-corrected chi connectivity index (χ1v) is 19.1. The molecule has 1 radical (unpaired) electrons. The number of nitrogens with zero attached hydrogens (tertiary/aromatic N) is 1. The molecule has 7 rings (SSSR count). The molecule has 0 spiro atoms. The van der Waals surface area contributed by atoms with E-state index in [2.05, 4.69) is 188 Å². The van der Waals surface area contributed by atoms with Crippen LogP contribution in [0.25, 0.3) is 0 Å². The summed E-state index contributed by atoms with van der Waals surface area (Å²) in [6.45, 7) is 0. The summed E-state index contributed by atoms with van der Waals surface area (Å²) in [5, 5.41) is 9.10. The Morgan fingerprint density at radius 3 is 0.909 bits per heavy atom. The minimum atomic E-state index is -2.96. The fourth-order valence-electron chi connectivity index (χ4n) is 6.91. The zero-order valence-electron chi connectivity index (χ0n) is 24.4. The van der Waals surface area contributed by atoms with E-state index in [1.165, 1.54) is 37.1 Å². The van der Waals surface area contributed by atoms with E-state index >= 15 is 0 Å². The number of hydrogen-bond donors (Lipinski definition) is 0. The second-order valence-electron chi connectivity index (χ2n) is 11.0. The van der Waals surface area contributed by atoms with Crippen LogP contribution >= 0.6 is 14.5 Å². The van der Waals surface area contributed by atoms with Crippen molar-refractivity contribution in [1.29, 1.82) is 0 Å². The van der Waals surface area contributed by atoms with Gasteiger partial charge in [-0.15, -0.1) is 0 Å². The van der Waals surface area contributed by atoms with Crippen molar-refractivity contribution in [2.45, 2.75) is 0 Å². The third-order valence-electron chi connectivity index (χ3n) is 8.71. The van der Waals surface area contributed by atoms with Crippen LogP contribution in [0.3, 0.4) is 0 Å². The van der Waals surface area contributed by atoms with Gasteiger partial charge < -0.3 is 0 Å². The van der Waals surface area contributed by atoms with Crippen molar-refractivity contribution in [3.8, 4) is 0 Å². The van der Waals surface area contributed by atoms with E-state index in [4.69, 9.17) is 4.98 Å². The van der Waals surface area contributed by atoms with Gasteiger partial charge in [0.1, 0.15) is 0 Å². The van der Waals surface area contributed by atoms with Gasteiger partial charge in [0.2, 0.25) is 0 Å². The van der Waals surface area contributed by atoms with Gasteiger partial charge in [-0.1, -0.05) is 0 Å². The zero-order chi connectivity index (χ0) is 29.7. The molecule has 213 valence electrons. The molecule has 6 aromatic carbocycles. The average molecular weight is 603 g/mol. The predicted molar refractivity (Wildman–Crippen MR) is 195 cm³/mol. The fraction of sp³-hybridized carbons (Fsp3) is 0. The Kier molecular flexibility index (Phi) is 8.00. The van der Waals surface area contributed by atoms with Gasteiger partial charge in [0.05, 0.1) is 0 Å². The fourth-order valence-corrected chi connectivity index (χ4v) is 17.3. The van der Waals surface area contributed by atoms with Crippen molar-refractivity contribution < 1.29 is 0 Å². The first-order valence-electron chi connectivity index (χ1n) is 15.1. The van der Waals surface area contributed by atoms with Crippen LogP contribution in [0.2, 0.25) is 0 Å². The molecule has 1 heterocycles. The normalized spacial score (nSPS) is 12.4. The number of hydrogen-bond acceptors (Lipinski definition) is 1. The Morgan fingerprint density at radius 1 is 0.341 bits per heavy atom. The van der Waals surface area contributed by atoms with Gasteiger partial charge in [0.15, 0.2) is 0 Å². The first-order chi connectivity index (χ1) is 21.9. The van der Waals surface area contributed by atoms with E-state index in [1.54, 1.807) is 0 Å². The van der Waals surface area contributed by atoms with Gasteiger partial charge >= 0.3 is 262 Å². The van der Waals surface area contributed by atoms with E-state index < -0.39 is 14.5 Å². The number of benzene rings is 6. The molecular formula is C41H34NP2. The van der Waals surface area contributed by atoms with Gasteiger partial charge in [0, 0.05) is 0 Å². The molecule has 1 aromatic heterocycles. The molecule has 0 N–H and O–H groups in total.